The average Bonchev–Trinajstić information content (AvgIpc) is 2.60. The molecule has 0 heterocycles. The molecule has 1 atom stereocenters. The van der Waals surface area contributed by atoms with Crippen LogP contribution in [0, 0.1) is 11.6 Å². The Morgan fingerprint density at radius 3 is 2.31 bits per heavy atom. The molecule has 0 aliphatic heterocycles. The first kappa shape index (κ1) is 22.1. The summed E-state index contributed by atoms with van der Waals surface area (Å²) in [6, 6.07) is 10.9. The van der Waals surface area contributed by atoms with Gasteiger partial charge in [0.15, 0.2) is 0 Å². The van der Waals surface area contributed by atoms with E-state index in [1.807, 2.05) is 24.3 Å². The third-order valence-corrected chi connectivity index (χ3v) is 4.18. The highest BCUT2D eigenvalue weighted by molar-refractivity contribution is 5.85. The minimum atomic E-state index is -0.510. The first-order chi connectivity index (χ1) is 11.9. The maximum absolute atomic E-state index is 13.5. The van der Waals surface area contributed by atoms with Crippen LogP contribution >= 0.6 is 12.4 Å². The van der Waals surface area contributed by atoms with E-state index in [2.05, 4.69) is 19.2 Å². The number of carbonyl (C=O) groups is 1. The smallest absolute Gasteiger partial charge is 0.220 e. The van der Waals surface area contributed by atoms with Gasteiger partial charge in [-0.2, -0.15) is 0 Å². The molecule has 0 aliphatic carbocycles. The van der Waals surface area contributed by atoms with Gasteiger partial charge in [-0.25, -0.2) is 8.78 Å². The quantitative estimate of drug-likeness (QED) is 0.751. The minimum Gasteiger partial charge on any atom is -0.354 e. The predicted molar refractivity (Wildman–Crippen MR) is 102 cm³/mol. The van der Waals surface area contributed by atoms with Crippen molar-refractivity contribution in [1.82, 2.24) is 5.32 Å². The van der Waals surface area contributed by atoms with Crippen LogP contribution in [0.4, 0.5) is 8.78 Å². The van der Waals surface area contributed by atoms with Crippen LogP contribution in [0.15, 0.2) is 42.5 Å². The standard InChI is InChI=1S/C20H24F2N2O.ClH/c1-13(2)14-3-5-15(6-4-14)19(23)12-24-20(25)10-7-16-11-17(21)8-9-18(16)22;/h3-6,8-9,11,13,19H,7,10,12,23H2,1-2H3,(H,24,25);1H. The third-order valence-electron chi connectivity index (χ3n) is 4.18. The van der Waals surface area contributed by atoms with Crippen LogP contribution in [-0.2, 0) is 11.2 Å². The van der Waals surface area contributed by atoms with Crippen molar-refractivity contribution in [2.75, 3.05) is 6.54 Å². The van der Waals surface area contributed by atoms with Gasteiger partial charge in [-0.3, -0.25) is 4.79 Å². The number of carbonyl (C=O) groups excluding carboxylic acids is 1. The van der Waals surface area contributed by atoms with Gasteiger partial charge in [-0.05, 0) is 47.2 Å². The zero-order valence-electron chi connectivity index (χ0n) is 15.0. The fraction of sp³-hybridized carbons (Fsp3) is 0.350. The monoisotopic (exact) mass is 382 g/mol. The van der Waals surface area contributed by atoms with Crippen LogP contribution < -0.4 is 11.1 Å². The Labute approximate surface area is 159 Å². The van der Waals surface area contributed by atoms with Crippen molar-refractivity contribution in [2.24, 2.45) is 5.73 Å². The highest BCUT2D eigenvalue weighted by atomic mass is 35.5. The molecule has 142 valence electrons. The van der Waals surface area contributed by atoms with Crippen molar-refractivity contribution in [2.45, 2.75) is 38.6 Å². The Morgan fingerprint density at radius 2 is 1.69 bits per heavy atom. The Kier molecular flexibility index (Phi) is 8.69. The molecule has 0 fully saturated rings. The highest BCUT2D eigenvalue weighted by Gasteiger charge is 2.11. The molecule has 0 spiro atoms. The van der Waals surface area contributed by atoms with E-state index in [4.69, 9.17) is 5.73 Å². The Balaban J connectivity index is 0.00000338. The molecule has 3 N–H and O–H groups in total. The summed E-state index contributed by atoms with van der Waals surface area (Å²) in [4.78, 5) is 11.9. The number of halogens is 3. The lowest BCUT2D eigenvalue weighted by Gasteiger charge is -2.14. The number of nitrogens with one attached hydrogen (secondary N) is 1. The second-order valence-electron chi connectivity index (χ2n) is 6.47. The first-order valence-corrected chi connectivity index (χ1v) is 8.43. The zero-order chi connectivity index (χ0) is 18.4. The van der Waals surface area contributed by atoms with Gasteiger partial charge in [0.2, 0.25) is 5.91 Å². The number of amides is 1. The molecule has 1 amide bonds. The van der Waals surface area contributed by atoms with E-state index in [-0.39, 0.29) is 42.8 Å². The number of nitrogens with two attached hydrogens (primary N) is 1. The molecular formula is C20H25ClF2N2O. The van der Waals surface area contributed by atoms with Crippen molar-refractivity contribution in [1.29, 1.82) is 0 Å². The molecule has 0 saturated heterocycles. The van der Waals surface area contributed by atoms with Gasteiger partial charge < -0.3 is 11.1 Å². The van der Waals surface area contributed by atoms with Gasteiger partial charge in [0.05, 0.1) is 0 Å². The predicted octanol–water partition coefficient (Wildman–Crippen LogP) is 4.26. The SMILES string of the molecule is CC(C)c1ccc(C(N)CNC(=O)CCc2cc(F)ccc2F)cc1.Cl. The van der Waals surface area contributed by atoms with Crippen LogP contribution in [-0.4, -0.2) is 12.5 Å². The molecule has 2 aromatic carbocycles. The van der Waals surface area contributed by atoms with Crippen molar-refractivity contribution in [3.05, 3.63) is 70.8 Å². The second-order valence-corrected chi connectivity index (χ2v) is 6.47. The summed E-state index contributed by atoms with van der Waals surface area (Å²) in [5, 5.41) is 2.74. The Hall–Kier alpha value is -1.98. The molecule has 0 bridgehead atoms. The molecule has 0 aliphatic rings. The van der Waals surface area contributed by atoms with E-state index >= 15 is 0 Å². The van der Waals surface area contributed by atoms with Crippen LogP contribution in [0.25, 0.3) is 0 Å². The lowest BCUT2D eigenvalue weighted by atomic mass is 9.99. The minimum absolute atomic E-state index is 0. The largest absolute Gasteiger partial charge is 0.354 e. The van der Waals surface area contributed by atoms with Crippen LogP contribution in [0.1, 0.15) is 48.9 Å². The van der Waals surface area contributed by atoms with Crippen molar-refractivity contribution < 1.29 is 13.6 Å². The van der Waals surface area contributed by atoms with Gasteiger partial charge in [0.25, 0.3) is 0 Å². The van der Waals surface area contributed by atoms with Crippen LogP contribution in [0.3, 0.4) is 0 Å². The van der Waals surface area contributed by atoms with E-state index in [1.54, 1.807) is 0 Å². The number of hydrogen-bond acceptors (Lipinski definition) is 2. The molecular weight excluding hydrogens is 358 g/mol. The van der Waals surface area contributed by atoms with Crippen molar-refractivity contribution >= 4 is 18.3 Å². The van der Waals surface area contributed by atoms with Gasteiger partial charge in [0, 0.05) is 19.0 Å². The molecule has 0 radical (unpaired) electrons. The fourth-order valence-electron chi connectivity index (χ4n) is 2.54. The molecule has 26 heavy (non-hydrogen) atoms. The summed E-state index contributed by atoms with van der Waals surface area (Å²) >= 11 is 0. The van der Waals surface area contributed by atoms with Crippen LogP contribution in [0.2, 0.25) is 0 Å². The molecule has 2 aromatic rings. The average molecular weight is 383 g/mol. The van der Waals surface area contributed by atoms with Crippen molar-refractivity contribution in [3.8, 4) is 0 Å². The molecule has 3 nitrogen and oxygen atoms in total. The fourth-order valence-corrected chi connectivity index (χ4v) is 2.54. The number of aryl methyl sites for hydroxylation is 1. The Bertz CT molecular complexity index is 720. The van der Waals surface area contributed by atoms with Gasteiger partial charge >= 0.3 is 0 Å². The summed E-state index contributed by atoms with van der Waals surface area (Å²) < 4.78 is 26.6. The molecule has 1 unspecified atom stereocenters. The summed E-state index contributed by atoms with van der Waals surface area (Å²) in [6.45, 7) is 4.54. The maximum atomic E-state index is 13.5. The molecule has 6 heteroatoms. The van der Waals surface area contributed by atoms with Gasteiger partial charge in [0.1, 0.15) is 11.6 Å². The van der Waals surface area contributed by atoms with Crippen LogP contribution in [0.5, 0.6) is 0 Å². The summed E-state index contributed by atoms with van der Waals surface area (Å²) in [5.41, 5.74) is 8.47. The van der Waals surface area contributed by atoms with E-state index < -0.39 is 11.6 Å². The maximum Gasteiger partial charge on any atom is 0.220 e. The van der Waals surface area contributed by atoms with E-state index in [9.17, 15) is 13.6 Å². The topological polar surface area (TPSA) is 55.1 Å². The summed E-state index contributed by atoms with van der Waals surface area (Å²) in [5.74, 6) is -0.800. The number of benzene rings is 2. The zero-order valence-corrected chi connectivity index (χ0v) is 15.8. The third kappa shape index (κ3) is 6.39. The second kappa shape index (κ2) is 10.2. The Morgan fingerprint density at radius 1 is 1.08 bits per heavy atom. The number of rotatable bonds is 7. The lowest BCUT2D eigenvalue weighted by molar-refractivity contribution is -0.121. The van der Waals surface area contributed by atoms with E-state index in [0.29, 0.717) is 12.5 Å². The van der Waals surface area contributed by atoms with Crippen molar-refractivity contribution in [3.63, 3.8) is 0 Å². The molecule has 0 saturated carbocycles. The first-order valence-electron chi connectivity index (χ1n) is 8.43. The molecule has 2 rings (SSSR count). The highest BCUT2D eigenvalue weighted by Crippen LogP contribution is 2.17. The molecule has 0 aromatic heterocycles. The number of hydrogen-bond donors (Lipinski definition) is 2. The summed E-state index contributed by atoms with van der Waals surface area (Å²) in [6.07, 6.45) is 0.229. The normalized spacial score (nSPS) is 11.8. The summed E-state index contributed by atoms with van der Waals surface area (Å²) in [7, 11) is 0. The van der Waals surface area contributed by atoms with Gasteiger partial charge in [-0.1, -0.05) is 38.1 Å². The van der Waals surface area contributed by atoms with Gasteiger partial charge in [-0.15, -0.1) is 12.4 Å². The lowest BCUT2D eigenvalue weighted by Crippen LogP contribution is -2.32. The van der Waals surface area contributed by atoms with E-state index in [0.717, 1.165) is 23.8 Å². The van der Waals surface area contributed by atoms with E-state index in [1.165, 1.54) is 5.56 Å².